The summed E-state index contributed by atoms with van der Waals surface area (Å²) in [6.07, 6.45) is 17.5. The predicted octanol–water partition coefficient (Wildman–Crippen LogP) is 6.88. The second-order valence-corrected chi connectivity index (χ2v) is 10.6. The average Bonchev–Trinajstić information content (AvgIpc) is 2.71. The van der Waals surface area contributed by atoms with Crippen molar-refractivity contribution in [3.05, 3.63) is 29.8 Å². The van der Waals surface area contributed by atoms with Gasteiger partial charge < -0.3 is 9.47 Å². The Bertz CT molecular complexity index is 648. The number of benzene rings is 1. The van der Waals surface area contributed by atoms with E-state index in [0.29, 0.717) is 24.7 Å². The lowest BCUT2D eigenvalue weighted by atomic mass is 9.41. The van der Waals surface area contributed by atoms with Crippen molar-refractivity contribution < 1.29 is 9.47 Å². The molecule has 0 saturated heterocycles. The SMILES string of the molecule is CC(OCCOc1ccc(C2CCCCC2)cc1)C12CCCC3(CC(C3)C1)C2. The summed E-state index contributed by atoms with van der Waals surface area (Å²) in [5.41, 5.74) is 2.69. The molecule has 0 N–H and O–H groups in total. The minimum Gasteiger partial charge on any atom is -0.491 e. The van der Waals surface area contributed by atoms with Crippen molar-refractivity contribution in [3.8, 4) is 5.75 Å². The van der Waals surface area contributed by atoms with Crippen LogP contribution in [0.15, 0.2) is 24.3 Å². The Morgan fingerprint density at radius 2 is 1.71 bits per heavy atom. The summed E-state index contributed by atoms with van der Waals surface area (Å²) in [6, 6.07) is 8.88. The Labute approximate surface area is 171 Å². The highest BCUT2D eigenvalue weighted by molar-refractivity contribution is 5.29. The van der Waals surface area contributed by atoms with Crippen molar-refractivity contribution in [2.24, 2.45) is 16.7 Å². The average molecular weight is 383 g/mol. The van der Waals surface area contributed by atoms with Gasteiger partial charge in [0.25, 0.3) is 0 Å². The predicted molar refractivity (Wildman–Crippen MR) is 114 cm³/mol. The number of ether oxygens (including phenoxy) is 2. The molecule has 2 nitrogen and oxygen atoms in total. The molecule has 0 heterocycles. The highest BCUT2D eigenvalue weighted by atomic mass is 16.5. The van der Waals surface area contributed by atoms with Crippen molar-refractivity contribution in [2.75, 3.05) is 13.2 Å². The smallest absolute Gasteiger partial charge is 0.119 e. The van der Waals surface area contributed by atoms with Gasteiger partial charge in [-0.05, 0) is 98.7 Å². The fraction of sp³-hybridized carbons (Fsp3) is 0.769. The molecule has 1 aromatic carbocycles. The first-order chi connectivity index (χ1) is 13.7. The van der Waals surface area contributed by atoms with Gasteiger partial charge in [0.05, 0.1) is 12.7 Å². The Morgan fingerprint density at radius 3 is 2.50 bits per heavy atom. The summed E-state index contributed by atoms with van der Waals surface area (Å²) in [4.78, 5) is 0. The molecule has 6 rings (SSSR count). The normalized spacial score (nSPS) is 35.8. The Balaban J connectivity index is 1.08. The van der Waals surface area contributed by atoms with Crippen LogP contribution in [0.3, 0.4) is 0 Å². The van der Waals surface area contributed by atoms with Gasteiger partial charge in [0.1, 0.15) is 12.4 Å². The summed E-state index contributed by atoms with van der Waals surface area (Å²) < 4.78 is 12.3. The standard InChI is InChI=1S/C26H38O2/c1-20(26-13-5-12-25(19-26)16-21(17-25)18-26)27-14-15-28-24-10-8-23(9-11-24)22-6-3-2-4-7-22/h8-11,20-22H,2-7,12-19H2,1H3. The number of hydrogen-bond donors (Lipinski definition) is 0. The van der Waals surface area contributed by atoms with Crippen LogP contribution < -0.4 is 4.74 Å². The van der Waals surface area contributed by atoms with Crippen LogP contribution in [0.1, 0.15) is 95.5 Å². The van der Waals surface area contributed by atoms with Gasteiger partial charge in [0.15, 0.2) is 0 Å². The third-order valence-electron chi connectivity index (χ3n) is 8.79. The van der Waals surface area contributed by atoms with Crippen LogP contribution in [0.4, 0.5) is 0 Å². The van der Waals surface area contributed by atoms with Gasteiger partial charge in [0, 0.05) is 0 Å². The second kappa shape index (κ2) is 7.67. The van der Waals surface area contributed by atoms with Gasteiger partial charge in [-0.15, -0.1) is 0 Å². The summed E-state index contributed by atoms with van der Waals surface area (Å²) >= 11 is 0. The van der Waals surface area contributed by atoms with Crippen LogP contribution >= 0.6 is 0 Å². The lowest BCUT2D eigenvalue weighted by Crippen LogP contribution is -2.56. The van der Waals surface area contributed by atoms with Crippen molar-refractivity contribution in [1.29, 1.82) is 0 Å². The quantitative estimate of drug-likeness (QED) is 0.479. The molecule has 1 spiro atoms. The zero-order valence-electron chi connectivity index (χ0n) is 17.8. The summed E-state index contributed by atoms with van der Waals surface area (Å²) in [7, 11) is 0. The molecule has 5 aliphatic carbocycles. The first kappa shape index (κ1) is 19.0. The molecule has 3 bridgehead atoms. The molecule has 5 fully saturated rings. The van der Waals surface area contributed by atoms with E-state index in [2.05, 4.69) is 31.2 Å². The van der Waals surface area contributed by atoms with Crippen molar-refractivity contribution in [3.63, 3.8) is 0 Å². The molecular formula is C26H38O2. The molecular weight excluding hydrogens is 344 g/mol. The molecule has 1 aromatic rings. The molecule has 28 heavy (non-hydrogen) atoms. The molecule has 2 unspecified atom stereocenters. The van der Waals surface area contributed by atoms with E-state index in [1.807, 2.05) is 0 Å². The van der Waals surface area contributed by atoms with Crippen LogP contribution in [-0.4, -0.2) is 19.3 Å². The first-order valence-corrected chi connectivity index (χ1v) is 12.0. The van der Waals surface area contributed by atoms with E-state index < -0.39 is 0 Å². The van der Waals surface area contributed by atoms with E-state index in [1.54, 1.807) is 0 Å². The lowest BCUT2D eigenvalue weighted by molar-refractivity contribution is -0.176. The topological polar surface area (TPSA) is 18.5 Å². The van der Waals surface area contributed by atoms with Crippen LogP contribution in [-0.2, 0) is 4.74 Å². The van der Waals surface area contributed by atoms with Crippen LogP contribution in [0.5, 0.6) is 5.75 Å². The van der Waals surface area contributed by atoms with E-state index in [9.17, 15) is 0 Å². The third-order valence-corrected chi connectivity index (χ3v) is 8.79. The number of rotatable bonds is 7. The van der Waals surface area contributed by atoms with Crippen LogP contribution in [0, 0.1) is 16.7 Å². The third kappa shape index (κ3) is 3.62. The first-order valence-electron chi connectivity index (χ1n) is 12.0. The lowest BCUT2D eigenvalue weighted by Gasteiger charge is -2.65. The largest absolute Gasteiger partial charge is 0.491 e. The molecule has 154 valence electrons. The summed E-state index contributed by atoms with van der Waals surface area (Å²) in [6.45, 7) is 3.71. The number of hydrogen-bond acceptors (Lipinski definition) is 2. The van der Waals surface area contributed by atoms with Gasteiger partial charge in [0.2, 0.25) is 0 Å². The van der Waals surface area contributed by atoms with E-state index in [0.717, 1.165) is 23.0 Å². The molecule has 2 heteroatoms. The van der Waals surface area contributed by atoms with E-state index >= 15 is 0 Å². The zero-order valence-corrected chi connectivity index (χ0v) is 17.8. The van der Waals surface area contributed by atoms with Crippen molar-refractivity contribution >= 4 is 0 Å². The highest BCUT2D eigenvalue weighted by Gasteiger charge is 2.59. The van der Waals surface area contributed by atoms with Gasteiger partial charge in [-0.25, -0.2) is 0 Å². The van der Waals surface area contributed by atoms with E-state index in [1.165, 1.54) is 82.6 Å². The molecule has 0 aliphatic heterocycles. The molecule has 5 aliphatic rings. The zero-order chi connectivity index (χ0) is 19.0. The summed E-state index contributed by atoms with van der Waals surface area (Å²) in [5, 5.41) is 0. The second-order valence-electron chi connectivity index (χ2n) is 10.6. The molecule has 2 atom stereocenters. The Hall–Kier alpha value is -1.02. The molecule has 5 saturated carbocycles. The van der Waals surface area contributed by atoms with Gasteiger partial charge in [-0.1, -0.05) is 37.8 Å². The Morgan fingerprint density at radius 1 is 0.929 bits per heavy atom. The minimum absolute atomic E-state index is 0.382. The van der Waals surface area contributed by atoms with Crippen LogP contribution in [0.25, 0.3) is 0 Å². The van der Waals surface area contributed by atoms with Gasteiger partial charge in [-0.3, -0.25) is 0 Å². The Kier molecular flexibility index (Phi) is 5.20. The molecule has 0 aromatic heterocycles. The monoisotopic (exact) mass is 382 g/mol. The highest BCUT2D eigenvalue weighted by Crippen LogP contribution is 2.69. The molecule has 0 amide bonds. The van der Waals surface area contributed by atoms with Gasteiger partial charge in [-0.2, -0.15) is 0 Å². The van der Waals surface area contributed by atoms with Crippen molar-refractivity contribution in [1.82, 2.24) is 0 Å². The fourth-order valence-electron chi connectivity index (χ4n) is 7.49. The van der Waals surface area contributed by atoms with Gasteiger partial charge >= 0.3 is 0 Å². The van der Waals surface area contributed by atoms with Crippen molar-refractivity contribution in [2.45, 2.75) is 96.0 Å². The van der Waals surface area contributed by atoms with E-state index in [4.69, 9.17) is 9.47 Å². The minimum atomic E-state index is 0.382. The maximum atomic E-state index is 6.34. The molecule has 0 radical (unpaired) electrons. The summed E-state index contributed by atoms with van der Waals surface area (Å²) in [5.74, 6) is 2.76. The van der Waals surface area contributed by atoms with E-state index in [-0.39, 0.29) is 0 Å². The van der Waals surface area contributed by atoms with Crippen LogP contribution in [0.2, 0.25) is 0 Å². The fourth-order valence-corrected chi connectivity index (χ4v) is 7.49. The maximum absolute atomic E-state index is 6.34. The maximum Gasteiger partial charge on any atom is 0.119 e.